The van der Waals surface area contributed by atoms with E-state index in [4.69, 9.17) is 22.2 Å². The van der Waals surface area contributed by atoms with Crippen LogP contribution >= 0.6 is 12.2 Å². The molecule has 6 nitrogen and oxygen atoms in total. The fourth-order valence-electron chi connectivity index (χ4n) is 4.13. The summed E-state index contributed by atoms with van der Waals surface area (Å²) < 4.78 is 46.3. The van der Waals surface area contributed by atoms with E-state index in [0.717, 1.165) is 22.6 Å². The third kappa shape index (κ3) is 3.91. The Morgan fingerprint density at radius 2 is 1.91 bits per heavy atom. The van der Waals surface area contributed by atoms with Crippen LogP contribution in [0.1, 0.15) is 37.0 Å². The van der Waals surface area contributed by atoms with E-state index < -0.39 is 28.7 Å². The lowest BCUT2D eigenvalue weighted by atomic mass is 10.0. The summed E-state index contributed by atoms with van der Waals surface area (Å²) in [6.07, 6.45) is -1.68. The van der Waals surface area contributed by atoms with Crippen LogP contribution in [-0.4, -0.2) is 28.3 Å². The molecule has 2 aliphatic rings. The molecule has 2 heterocycles. The number of nitriles is 1. The van der Waals surface area contributed by atoms with Crippen molar-refractivity contribution < 1.29 is 27.8 Å². The van der Waals surface area contributed by atoms with Crippen LogP contribution in [0.15, 0.2) is 48.2 Å². The molecule has 4 rings (SSSR count). The van der Waals surface area contributed by atoms with Crippen LogP contribution in [0, 0.1) is 11.3 Å². The van der Waals surface area contributed by atoms with Crippen LogP contribution < -0.4 is 14.5 Å². The zero-order valence-electron chi connectivity index (χ0n) is 18.3. The molecular formula is C24H20F3N3O3S. The van der Waals surface area contributed by atoms with Gasteiger partial charge in [0.05, 0.1) is 22.9 Å². The van der Waals surface area contributed by atoms with E-state index in [0.29, 0.717) is 30.0 Å². The van der Waals surface area contributed by atoms with Crippen LogP contribution in [-0.2, 0) is 17.4 Å². The third-order valence-electron chi connectivity index (χ3n) is 5.84. The number of nitrogens with zero attached hydrogens (tertiary/aromatic N) is 3. The molecule has 0 atom stereocenters. The molecular weight excluding hydrogens is 467 g/mol. The minimum atomic E-state index is -4.76. The number of amides is 1. The monoisotopic (exact) mass is 487 g/mol. The molecule has 0 aromatic heterocycles. The standard InChI is InChI=1S/C24H20F3N3O3S/c1-23(2)21(32)29(16-7-6-15(12-28)19(11-16)24(25,26)27)22(34)30(23)17-8-9-20-14(10-17)4-3-5-18(13-31)33-20/h5-11,31H,3-4,13H2,1-2H3. The van der Waals surface area contributed by atoms with Crippen molar-refractivity contribution in [2.24, 2.45) is 0 Å². The van der Waals surface area contributed by atoms with E-state index in [1.807, 2.05) is 6.07 Å². The molecule has 0 radical (unpaired) electrons. The van der Waals surface area contributed by atoms with Crippen molar-refractivity contribution in [1.82, 2.24) is 0 Å². The number of aryl methyl sites for hydroxylation is 1. The van der Waals surface area contributed by atoms with Crippen LogP contribution in [0.25, 0.3) is 0 Å². The maximum atomic E-state index is 13.5. The largest absolute Gasteiger partial charge is 0.459 e. The molecule has 34 heavy (non-hydrogen) atoms. The molecule has 10 heteroatoms. The fraction of sp³-hybridized carbons (Fsp3) is 0.292. The Morgan fingerprint density at radius 1 is 1.21 bits per heavy atom. The molecule has 2 aliphatic heterocycles. The summed E-state index contributed by atoms with van der Waals surface area (Å²) in [7, 11) is 0. The van der Waals surface area contributed by atoms with Gasteiger partial charge in [0.1, 0.15) is 23.7 Å². The number of thiocarbonyl (C=S) groups is 1. The highest BCUT2D eigenvalue weighted by Gasteiger charge is 2.50. The number of carbonyl (C=O) groups excluding carboxylic acids is 1. The number of rotatable bonds is 3. The van der Waals surface area contributed by atoms with E-state index in [9.17, 15) is 23.1 Å². The molecule has 1 N–H and O–H groups in total. The van der Waals surface area contributed by atoms with Crippen molar-refractivity contribution in [3.05, 3.63) is 64.9 Å². The molecule has 1 amide bonds. The number of hydrogen-bond donors (Lipinski definition) is 1. The van der Waals surface area contributed by atoms with Gasteiger partial charge in [0.25, 0.3) is 5.91 Å². The lowest BCUT2D eigenvalue weighted by Gasteiger charge is -2.30. The van der Waals surface area contributed by atoms with Crippen molar-refractivity contribution in [3.8, 4) is 11.8 Å². The number of fused-ring (bicyclic) bond motifs is 1. The van der Waals surface area contributed by atoms with Crippen LogP contribution in [0.2, 0.25) is 0 Å². The number of aliphatic hydroxyl groups excluding tert-OH is 1. The van der Waals surface area contributed by atoms with Crippen molar-refractivity contribution in [2.45, 2.75) is 38.4 Å². The van der Waals surface area contributed by atoms with E-state index in [1.54, 1.807) is 37.0 Å². The first kappa shape index (κ1) is 23.7. The molecule has 0 saturated carbocycles. The number of alkyl halides is 3. The first-order valence-electron chi connectivity index (χ1n) is 10.4. The van der Waals surface area contributed by atoms with Gasteiger partial charge in [0.2, 0.25) is 0 Å². The summed E-state index contributed by atoms with van der Waals surface area (Å²) in [5, 5.41) is 18.5. The third-order valence-corrected chi connectivity index (χ3v) is 6.21. The number of carbonyl (C=O) groups is 1. The van der Waals surface area contributed by atoms with Crippen molar-refractivity contribution in [3.63, 3.8) is 0 Å². The van der Waals surface area contributed by atoms with Gasteiger partial charge >= 0.3 is 6.18 Å². The van der Waals surface area contributed by atoms with Crippen LogP contribution in [0.5, 0.6) is 5.75 Å². The average molecular weight is 488 g/mol. The summed E-state index contributed by atoms with van der Waals surface area (Å²) in [6.45, 7) is 3.06. The minimum Gasteiger partial charge on any atom is -0.459 e. The quantitative estimate of drug-likeness (QED) is 0.633. The van der Waals surface area contributed by atoms with Gasteiger partial charge in [-0.2, -0.15) is 18.4 Å². The molecule has 0 unspecified atom stereocenters. The second-order valence-electron chi connectivity index (χ2n) is 8.42. The molecule has 0 aliphatic carbocycles. The fourth-order valence-corrected chi connectivity index (χ4v) is 4.65. The molecule has 1 fully saturated rings. The highest BCUT2D eigenvalue weighted by Crippen LogP contribution is 2.41. The van der Waals surface area contributed by atoms with Gasteiger partial charge in [-0.05, 0) is 86.9 Å². The highest BCUT2D eigenvalue weighted by atomic mass is 32.1. The Balaban J connectivity index is 1.75. The summed E-state index contributed by atoms with van der Waals surface area (Å²) in [6, 6.07) is 9.89. The van der Waals surface area contributed by atoms with Crippen LogP contribution in [0.4, 0.5) is 24.5 Å². The topological polar surface area (TPSA) is 76.8 Å². The summed E-state index contributed by atoms with van der Waals surface area (Å²) in [5.41, 5.74) is -1.48. The van der Waals surface area contributed by atoms with Gasteiger partial charge in [0.15, 0.2) is 5.11 Å². The molecule has 0 bridgehead atoms. The molecule has 2 aromatic rings. The summed E-state index contributed by atoms with van der Waals surface area (Å²) >= 11 is 5.58. The van der Waals surface area contributed by atoms with E-state index in [-0.39, 0.29) is 17.4 Å². The van der Waals surface area contributed by atoms with Gasteiger partial charge < -0.3 is 14.7 Å². The number of anilines is 2. The Bertz CT molecular complexity index is 1260. The number of aliphatic hydroxyl groups is 1. The first-order chi connectivity index (χ1) is 16.0. The minimum absolute atomic E-state index is 0.0245. The number of allylic oxidation sites excluding steroid dienone is 1. The zero-order valence-corrected chi connectivity index (χ0v) is 19.1. The predicted octanol–water partition coefficient (Wildman–Crippen LogP) is 4.69. The Morgan fingerprint density at radius 3 is 2.56 bits per heavy atom. The predicted molar refractivity (Wildman–Crippen MR) is 123 cm³/mol. The van der Waals surface area contributed by atoms with E-state index in [1.165, 1.54) is 12.1 Å². The maximum Gasteiger partial charge on any atom is 0.417 e. The summed E-state index contributed by atoms with van der Waals surface area (Å²) in [4.78, 5) is 16.0. The Hall–Kier alpha value is -3.42. The van der Waals surface area contributed by atoms with Gasteiger partial charge in [-0.1, -0.05) is 0 Å². The number of halogens is 3. The van der Waals surface area contributed by atoms with E-state index in [2.05, 4.69) is 0 Å². The molecule has 2 aromatic carbocycles. The second-order valence-corrected chi connectivity index (χ2v) is 8.78. The van der Waals surface area contributed by atoms with Gasteiger partial charge in [-0.15, -0.1) is 0 Å². The highest BCUT2D eigenvalue weighted by molar-refractivity contribution is 7.81. The smallest absolute Gasteiger partial charge is 0.417 e. The van der Waals surface area contributed by atoms with Gasteiger partial charge in [-0.3, -0.25) is 9.69 Å². The zero-order chi connectivity index (χ0) is 24.8. The second kappa shape index (κ2) is 8.42. The molecule has 1 saturated heterocycles. The summed E-state index contributed by atoms with van der Waals surface area (Å²) in [5.74, 6) is 0.534. The molecule has 176 valence electrons. The van der Waals surface area contributed by atoms with Gasteiger partial charge in [-0.25, -0.2) is 0 Å². The van der Waals surface area contributed by atoms with Crippen molar-refractivity contribution in [1.29, 1.82) is 5.26 Å². The Labute approximate surface area is 199 Å². The SMILES string of the molecule is CC1(C)C(=O)N(c2ccc(C#N)c(C(F)(F)F)c2)C(=S)N1c1ccc2c(c1)CCC=C(CO)O2. The first-order valence-corrected chi connectivity index (χ1v) is 10.8. The number of hydrogen-bond acceptors (Lipinski definition) is 5. The average Bonchev–Trinajstić information content (AvgIpc) is 2.92. The van der Waals surface area contributed by atoms with Crippen molar-refractivity contribution >= 4 is 34.6 Å². The van der Waals surface area contributed by atoms with Crippen molar-refractivity contribution in [2.75, 3.05) is 16.4 Å². The lowest BCUT2D eigenvalue weighted by molar-refractivity contribution is -0.137. The lowest BCUT2D eigenvalue weighted by Crippen LogP contribution is -2.44. The maximum absolute atomic E-state index is 13.5. The normalized spacial score (nSPS) is 17.6. The Kier molecular flexibility index (Phi) is 5.87. The van der Waals surface area contributed by atoms with Crippen LogP contribution in [0.3, 0.4) is 0 Å². The molecule has 0 spiro atoms. The number of benzene rings is 2. The van der Waals surface area contributed by atoms with Gasteiger partial charge in [0, 0.05) is 5.69 Å². The van der Waals surface area contributed by atoms with E-state index >= 15 is 0 Å². The number of ether oxygens (including phenoxy) is 1.